The molecule has 0 spiro atoms. The van der Waals surface area contributed by atoms with Gasteiger partial charge in [-0.2, -0.15) is 0 Å². The second kappa shape index (κ2) is 8.34. The summed E-state index contributed by atoms with van der Waals surface area (Å²) in [7, 11) is 0. The van der Waals surface area contributed by atoms with Crippen molar-refractivity contribution >= 4 is 6.03 Å². The standard InChI is InChI=1S/C16H21F3N2O3/c1-9(10-2-4-24-5-3-10)20-16(23)21-14(8-22)11-6-12(17)15(19)13(18)7-11/h6-7,9-10,14,22H,2-5,8H2,1H3,(H2,20,21,23). The van der Waals surface area contributed by atoms with Crippen LogP contribution in [0.3, 0.4) is 0 Å². The van der Waals surface area contributed by atoms with Gasteiger partial charge in [0.25, 0.3) is 0 Å². The van der Waals surface area contributed by atoms with Crippen molar-refractivity contribution in [2.75, 3.05) is 19.8 Å². The molecule has 0 bridgehead atoms. The number of hydrogen-bond donors (Lipinski definition) is 3. The van der Waals surface area contributed by atoms with Crippen molar-refractivity contribution in [3.05, 3.63) is 35.1 Å². The smallest absolute Gasteiger partial charge is 0.315 e. The first kappa shape index (κ1) is 18.5. The van der Waals surface area contributed by atoms with Gasteiger partial charge in [-0.05, 0) is 43.4 Å². The zero-order valence-corrected chi connectivity index (χ0v) is 13.3. The van der Waals surface area contributed by atoms with Gasteiger partial charge in [0.05, 0.1) is 12.6 Å². The molecular formula is C16H21F3N2O3. The zero-order chi connectivity index (χ0) is 17.7. The fourth-order valence-electron chi connectivity index (χ4n) is 2.75. The molecule has 1 aliphatic rings. The van der Waals surface area contributed by atoms with Gasteiger partial charge in [0, 0.05) is 19.3 Å². The maximum Gasteiger partial charge on any atom is 0.315 e. The molecule has 0 aliphatic carbocycles. The first-order valence-electron chi connectivity index (χ1n) is 7.82. The minimum absolute atomic E-state index is 0.0530. The summed E-state index contributed by atoms with van der Waals surface area (Å²) in [6.45, 7) is 2.57. The van der Waals surface area contributed by atoms with Gasteiger partial charge in [-0.3, -0.25) is 0 Å². The van der Waals surface area contributed by atoms with Gasteiger partial charge < -0.3 is 20.5 Å². The maximum atomic E-state index is 13.3. The van der Waals surface area contributed by atoms with E-state index in [-0.39, 0.29) is 17.5 Å². The summed E-state index contributed by atoms with van der Waals surface area (Å²) in [6.07, 6.45) is 1.67. The van der Waals surface area contributed by atoms with Crippen molar-refractivity contribution in [2.24, 2.45) is 5.92 Å². The summed E-state index contributed by atoms with van der Waals surface area (Å²) in [6, 6.07) is -0.229. The van der Waals surface area contributed by atoms with Crippen LogP contribution in [0.25, 0.3) is 0 Å². The fraction of sp³-hybridized carbons (Fsp3) is 0.562. The predicted molar refractivity (Wildman–Crippen MR) is 80.8 cm³/mol. The van der Waals surface area contributed by atoms with Crippen molar-refractivity contribution < 1.29 is 27.8 Å². The summed E-state index contributed by atoms with van der Waals surface area (Å²) >= 11 is 0. The number of ether oxygens (including phenoxy) is 1. The van der Waals surface area contributed by atoms with Crippen LogP contribution in [-0.2, 0) is 4.74 Å². The van der Waals surface area contributed by atoms with Gasteiger partial charge in [0.1, 0.15) is 0 Å². The number of halogens is 3. The highest BCUT2D eigenvalue weighted by molar-refractivity contribution is 5.74. The molecule has 1 aromatic carbocycles. The van der Waals surface area contributed by atoms with Crippen LogP contribution in [0.1, 0.15) is 31.4 Å². The number of carbonyl (C=O) groups is 1. The largest absolute Gasteiger partial charge is 0.394 e. The molecule has 3 N–H and O–H groups in total. The highest BCUT2D eigenvalue weighted by Crippen LogP contribution is 2.20. The van der Waals surface area contributed by atoms with Crippen LogP contribution in [-0.4, -0.2) is 37.0 Å². The molecule has 5 nitrogen and oxygen atoms in total. The molecule has 2 amide bonds. The lowest BCUT2D eigenvalue weighted by atomic mass is 9.93. The van der Waals surface area contributed by atoms with Crippen LogP contribution < -0.4 is 10.6 Å². The Morgan fingerprint density at radius 2 is 1.83 bits per heavy atom. The SMILES string of the molecule is CC(NC(=O)NC(CO)c1cc(F)c(F)c(F)c1)C1CCOCC1. The normalized spacial score (nSPS) is 18.0. The van der Waals surface area contributed by atoms with Crippen molar-refractivity contribution in [3.63, 3.8) is 0 Å². The van der Waals surface area contributed by atoms with E-state index >= 15 is 0 Å². The van der Waals surface area contributed by atoms with Crippen molar-refractivity contribution in [1.82, 2.24) is 10.6 Å². The quantitative estimate of drug-likeness (QED) is 0.716. The minimum atomic E-state index is -1.59. The van der Waals surface area contributed by atoms with Gasteiger partial charge in [-0.1, -0.05) is 0 Å². The first-order chi connectivity index (χ1) is 11.4. The third kappa shape index (κ3) is 4.61. The third-order valence-corrected chi connectivity index (χ3v) is 4.23. The second-order valence-corrected chi connectivity index (χ2v) is 5.89. The van der Waals surface area contributed by atoms with Gasteiger partial charge in [-0.25, -0.2) is 18.0 Å². The lowest BCUT2D eigenvalue weighted by molar-refractivity contribution is 0.0570. The van der Waals surface area contributed by atoms with Crippen LogP contribution in [0.2, 0.25) is 0 Å². The van der Waals surface area contributed by atoms with Crippen LogP contribution in [0.5, 0.6) is 0 Å². The first-order valence-corrected chi connectivity index (χ1v) is 7.82. The molecule has 1 fully saturated rings. The second-order valence-electron chi connectivity index (χ2n) is 5.89. The number of benzene rings is 1. The third-order valence-electron chi connectivity index (χ3n) is 4.23. The molecule has 0 aromatic heterocycles. The van der Waals surface area contributed by atoms with E-state index in [1.807, 2.05) is 6.92 Å². The number of carbonyl (C=O) groups excluding carboxylic acids is 1. The molecule has 8 heteroatoms. The van der Waals surface area contributed by atoms with Crippen LogP contribution in [0.15, 0.2) is 12.1 Å². The van der Waals surface area contributed by atoms with E-state index in [0.29, 0.717) is 13.2 Å². The molecule has 1 saturated heterocycles. The molecular weight excluding hydrogens is 325 g/mol. The number of amides is 2. The predicted octanol–water partition coefficient (Wildman–Crippen LogP) is 2.25. The average molecular weight is 346 g/mol. The average Bonchev–Trinajstić information content (AvgIpc) is 2.57. The van der Waals surface area contributed by atoms with Gasteiger partial charge in [0.15, 0.2) is 17.5 Å². The molecule has 134 valence electrons. The highest BCUT2D eigenvalue weighted by atomic mass is 19.2. The van der Waals surface area contributed by atoms with E-state index < -0.39 is 36.1 Å². The summed E-state index contributed by atoms with van der Waals surface area (Å²) in [5, 5.41) is 14.6. The van der Waals surface area contributed by atoms with Gasteiger partial charge >= 0.3 is 6.03 Å². The Hall–Kier alpha value is -1.80. The Morgan fingerprint density at radius 1 is 1.25 bits per heavy atom. The zero-order valence-electron chi connectivity index (χ0n) is 13.3. The number of aliphatic hydroxyl groups excluding tert-OH is 1. The van der Waals surface area contributed by atoms with Gasteiger partial charge in [-0.15, -0.1) is 0 Å². The van der Waals surface area contributed by atoms with Crippen LogP contribution in [0, 0.1) is 23.4 Å². The van der Waals surface area contributed by atoms with Crippen molar-refractivity contribution in [1.29, 1.82) is 0 Å². The van der Waals surface area contributed by atoms with E-state index in [1.165, 1.54) is 0 Å². The van der Waals surface area contributed by atoms with E-state index in [9.17, 15) is 23.1 Å². The molecule has 0 saturated carbocycles. The van der Waals surface area contributed by atoms with E-state index in [2.05, 4.69) is 10.6 Å². The Bertz CT molecular complexity index is 557. The van der Waals surface area contributed by atoms with Crippen LogP contribution >= 0.6 is 0 Å². The number of rotatable bonds is 5. The highest BCUT2D eigenvalue weighted by Gasteiger charge is 2.23. The Kier molecular flexibility index (Phi) is 6.44. The molecule has 1 aliphatic heterocycles. The monoisotopic (exact) mass is 346 g/mol. The topological polar surface area (TPSA) is 70.6 Å². The summed E-state index contributed by atoms with van der Waals surface area (Å²) in [4.78, 5) is 12.0. The lowest BCUT2D eigenvalue weighted by Gasteiger charge is -2.29. The number of aliphatic hydroxyl groups is 1. The molecule has 2 atom stereocenters. The Labute approximate surface area is 138 Å². The number of hydrogen-bond acceptors (Lipinski definition) is 3. The summed E-state index contributed by atoms with van der Waals surface area (Å²) in [5.41, 5.74) is -0.0530. The number of nitrogens with one attached hydrogen (secondary N) is 2. The molecule has 1 heterocycles. The number of urea groups is 1. The van der Waals surface area contributed by atoms with E-state index in [4.69, 9.17) is 4.74 Å². The molecule has 1 aromatic rings. The van der Waals surface area contributed by atoms with E-state index in [1.54, 1.807) is 0 Å². The molecule has 0 radical (unpaired) electrons. The van der Waals surface area contributed by atoms with Crippen molar-refractivity contribution in [2.45, 2.75) is 31.8 Å². The van der Waals surface area contributed by atoms with Crippen molar-refractivity contribution in [3.8, 4) is 0 Å². The summed E-state index contributed by atoms with van der Waals surface area (Å²) < 4.78 is 44.8. The Balaban J connectivity index is 1.97. The van der Waals surface area contributed by atoms with Gasteiger partial charge in [0.2, 0.25) is 0 Å². The maximum absolute atomic E-state index is 13.3. The molecule has 2 rings (SSSR count). The summed E-state index contributed by atoms with van der Waals surface area (Å²) in [5.74, 6) is -4.06. The van der Waals surface area contributed by atoms with E-state index in [0.717, 1.165) is 25.0 Å². The van der Waals surface area contributed by atoms with Crippen LogP contribution in [0.4, 0.5) is 18.0 Å². The lowest BCUT2D eigenvalue weighted by Crippen LogP contribution is -2.46. The Morgan fingerprint density at radius 3 is 2.38 bits per heavy atom. The molecule has 24 heavy (non-hydrogen) atoms. The molecule has 2 unspecified atom stereocenters. The minimum Gasteiger partial charge on any atom is -0.394 e. The fourth-order valence-corrected chi connectivity index (χ4v) is 2.75.